The van der Waals surface area contributed by atoms with Gasteiger partial charge in [0.2, 0.25) is 11.8 Å². The number of sulfonamides is 1. The number of likely N-dealkylation sites (tertiary alicyclic amines) is 1. The van der Waals surface area contributed by atoms with Crippen LogP contribution < -0.4 is 24.8 Å². The van der Waals surface area contributed by atoms with E-state index in [2.05, 4.69) is 15.4 Å². The molecule has 2 fully saturated rings. The number of aromatic nitrogens is 1. The van der Waals surface area contributed by atoms with E-state index in [0.29, 0.717) is 47.8 Å². The third-order valence-electron chi connectivity index (χ3n) is 10.9. The molecule has 0 radical (unpaired) electrons. The number of methoxy groups -OCH3 is 1. The van der Waals surface area contributed by atoms with E-state index < -0.39 is 39.5 Å². The molecule has 3 N–H and O–H groups in total. The van der Waals surface area contributed by atoms with Crippen LogP contribution in [-0.4, -0.2) is 73.9 Å². The smallest absolute Gasteiger partial charge is 0.266 e. The van der Waals surface area contributed by atoms with Crippen molar-refractivity contribution in [3.8, 4) is 22.8 Å². The highest BCUT2D eigenvalue weighted by molar-refractivity contribution is 7.90. The Morgan fingerprint density at radius 1 is 0.944 bits per heavy atom. The minimum Gasteiger partial charge on any atom is -0.497 e. The first-order chi connectivity index (χ1) is 26.1. The molecule has 7 rings (SSSR count). The van der Waals surface area contributed by atoms with Crippen molar-refractivity contribution in [1.82, 2.24) is 19.9 Å². The molecule has 0 bridgehead atoms. The molecule has 12 nitrogen and oxygen atoms in total. The lowest BCUT2D eigenvalue weighted by Gasteiger charge is -2.26. The standard InChI is InChI=1S/C41H47N5O7S/c1-27(47)46-26-31(53-37-24-34(28-14-8-7-9-15-28)43-35-22-30(52-2)19-20-32(35)37)23-36(46)39(48)44-41-25-29(41)16-10-5-3-4-6-13-21-42-33-17-11-12-18-38(33)54(50,51)45-40(41)49/h7-9,11-12,14-15,17-20,22,24,29,31,36,42H,3-6,10,13,16,21,23,25-26H2,1-2H3,(H,44,48)(H,45,49)/t29-,31-,36+,41-/m1/s1. The third-order valence-corrected chi connectivity index (χ3v) is 12.3. The SMILES string of the molecule is COc1ccc2c(O[C@@H]3C[C@@H](C(=O)N[C@]45C[C@H]4CCCCCCCCNc4ccccc4S(=O)(=O)NC5=O)N(C(C)=O)C3)cc(-c3ccccc3)nc2c1. The van der Waals surface area contributed by atoms with E-state index in [9.17, 15) is 22.8 Å². The molecule has 4 atom stereocenters. The van der Waals surface area contributed by atoms with Gasteiger partial charge in [0.1, 0.15) is 34.1 Å². The van der Waals surface area contributed by atoms with Crippen molar-refractivity contribution in [3.63, 3.8) is 0 Å². The summed E-state index contributed by atoms with van der Waals surface area (Å²) >= 11 is 0. The molecule has 1 saturated carbocycles. The van der Waals surface area contributed by atoms with Crippen LogP contribution in [0.15, 0.2) is 83.8 Å². The van der Waals surface area contributed by atoms with Gasteiger partial charge in [-0.05, 0) is 49.4 Å². The molecule has 3 aliphatic rings. The predicted octanol–water partition coefficient (Wildman–Crippen LogP) is 5.81. The van der Waals surface area contributed by atoms with Crippen LogP contribution in [0.2, 0.25) is 0 Å². The number of nitrogens with zero attached hydrogens (tertiary/aromatic N) is 2. The van der Waals surface area contributed by atoms with E-state index in [1.54, 1.807) is 25.3 Å². The molecule has 284 valence electrons. The number of hydrogen-bond acceptors (Lipinski definition) is 9. The lowest BCUT2D eigenvalue weighted by molar-refractivity contribution is -0.138. The van der Waals surface area contributed by atoms with Crippen LogP contribution in [0.3, 0.4) is 0 Å². The lowest BCUT2D eigenvalue weighted by Crippen LogP contribution is -2.56. The summed E-state index contributed by atoms with van der Waals surface area (Å²) in [6.45, 7) is 2.16. The molecule has 4 aromatic rings. The lowest BCUT2D eigenvalue weighted by atomic mass is 10.0. The zero-order chi connectivity index (χ0) is 37.9. The van der Waals surface area contributed by atoms with Crippen LogP contribution in [0.4, 0.5) is 5.69 Å². The molecule has 1 aliphatic carbocycles. The Morgan fingerprint density at radius 2 is 1.69 bits per heavy atom. The molecule has 13 heteroatoms. The van der Waals surface area contributed by atoms with Crippen LogP contribution in [0.25, 0.3) is 22.2 Å². The second kappa shape index (κ2) is 15.7. The average Bonchev–Trinajstić information content (AvgIpc) is 3.69. The Morgan fingerprint density at radius 3 is 2.46 bits per heavy atom. The number of rotatable bonds is 6. The van der Waals surface area contributed by atoms with Crippen molar-refractivity contribution in [2.24, 2.45) is 5.92 Å². The number of carbonyl (C=O) groups excluding carboxylic acids is 3. The highest BCUT2D eigenvalue weighted by atomic mass is 32.2. The maximum atomic E-state index is 14.2. The fourth-order valence-electron chi connectivity index (χ4n) is 7.85. The fourth-order valence-corrected chi connectivity index (χ4v) is 9.07. The van der Waals surface area contributed by atoms with Crippen molar-refractivity contribution in [1.29, 1.82) is 0 Å². The first-order valence-corrected chi connectivity index (χ1v) is 20.3. The second-order valence-corrected chi connectivity index (χ2v) is 16.2. The number of nitrogens with one attached hydrogen (secondary N) is 3. The maximum Gasteiger partial charge on any atom is 0.266 e. The minimum atomic E-state index is -4.28. The van der Waals surface area contributed by atoms with Gasteiger partial charge in [0.25, 0.3) is 15.9 Å². The quantitative estimate of drug-likeness (QED) is 0.221. The Kier molecular flexibility index (Phi) is 10.8. The summed E-state index contributed by atoms with van der Waals surface area (Å²) in [6, 6.07) is 22.7. The highest BCUT2D eigenvalue weighted by Crippen LogP contribution is 2.48. The molecule has 3 heterocycles. The maximum absolute atomic E-state index is 14.2. The number of anilines is 1. The van der Waals surface area contributed by atoms with Crippen LogP contribution in [-0.2, 0) is 24.4 Å². The number of amides is 3. The van der Waals surface area contributed by atoms with Crippen molar-refractivity contribution in [2.75, 3.05) is 25.5 Å². The molecule has 3 amide bonds. The molecule has 0 spiro atoms. The number of ether oxygens (including phenoxy) is 2. The van der Waals surface area contributed by atoms with Crippen molar-refractivity contribution >= 4 is 44.3 Å². The van der Waals surface area contributed by atoms with Gasteiger partial charge < -0.3 is 25.0 Å². The van der Waals surface area contributed by atoms with E-state index in [1.165, 1.54) is 17.9 Å². The molecule has 2 aliphatic heterocycles. The van der Waals surface area contributed by atoms with Gasteiger partial charge in [-0.3, -0.25) is 14.4 Å². The van der Waals surface area contributed by atoms with Gasteiger partial charge in [-0.1, -0.05) is 74.6 Å². The van der Waals surface area contributed by atoms with Crippen LogP contribution in [0.1, 0.15) is 64.7 Å². The van der Waals surface area contributed by atoms with Gasteiger partial charge in [0, 0.05) is 43.0 Å². The van der Waals surface area contributed by atoms with Gasteiger partial charge in [-0.2, -0.15) is 0 Å². The first kappa shape index (κ1) is 37.2. The summed E-state index contributed by atoms with van der Waals surface area (Å²) < 4.78 is 41.7. The third kappa shape index (κ3) is 7.87. The van der Waals surface area contributed by atoms with E-state index in [0.717, 1.165) is 49.5 Å². The number of hydrogen-bond donors (Lipinski definition) is 3. The van der Waals surface area contributed by atoms with Gasteiger partial charge in [-0.25, -0.2) is 18.1 Å². The molecule has 0 unspecified atom stereocenters. The Labute approximate surface area is 316 Å². The molecule has 1 aromatic heterocycles. The zero-order valence-electron chi connectivity index (χ0n) is 30.7. The first-order valence-electron chi connectivity index (χ1n) is 18.8. The van der Waals surface area contributed by atoms with Gasteiger partial charge >= 0.3 is 0 Å². The predicted molar refractivity (Wildman–Crippen MR) is 205 cm³/mol. The fraction of sp³-hybridized carbons (Fsp3) is 0.415. The summed E-state index contributed by atoms with van der Waals surface area (Å²) in [5.41, 5.74) is 1.26. The second-order valence-electron chi connectivity index (χ2n) is 14.5. The number of para-hydroxylation sites is 1. The van der Waals surface area contributed by atoms with Gasteiger partial charge in [0.05, 0.1) is 30.6 Å². The average molecular weight is 754 g/mol. The molecular weight excluding hydrogens is 707 g/mol. The van der Waals surface area contributed by atoms with E-state index in [1.807, 2.05) is 54.6 Å². The zero-order valence-corrected chi connectivity index (χ0v) is 31.5. The normalized spacial score (nSPS) is 24.3. The molecule has 54 heavy (non-hydrogen) atoms. The van der Waals surface area contributed by atoms with E-state index in [-0.39, 0.29) is 29.7 Å². The number of carbonyl (C=O) groups is 3. The number of fused-ring (bicyclic) bond motifs is 3. The highest BCUT2D eigenvalue weighted by Gasteiger charge is 2.62. The van der Waals surface area contributed by atoms with Crippen molar-refractivity contribution in [2.45, 2.75) is 87.3 Å². The molecular formula is C41H47N5O7S. The van der Waals surface area contributed by atoms with Gasteiger partial charge in [0.15, 0.2) is 0 Å². The molecule has 1 saturated heterocycles. The number of pyridine rings is 1. The van der Waals surface area contributed by atoms with Crippen LogP contribution in [0.5, 0.6) is 11.5 Å². The van der Waals surface area contributed by atoms with Crippen LogP contribution >= 0.6 is 0 Å². The monoisotopic (exact) mass is 753 g/mol. The Balaban J connectivity index is 1.13. The minimum absolute atomic E-state index is 0.0276. The van der Waals surface area contributed by atoms with Crippen molar-refractivity contribution < 1.29 is 32.3 Å². The summed E-state index contributed by atoms with van der Waals surface area (Å²) in [4.78, 5) is 47.6. The summed E-state index contributed by atoms with van der Waals surface area (Å²) in [6.07, 6.45) is 6.51. The summed E-state index contributed by atoms with van der Waals surface area (Å²) in [7, 11) is -2.69. The number of benzene rings is 3. The molecule has 3 aromatic carbocycles. The van der Waals surface area contributed by atoms with Crippen LogP contribution in [0, 0.1) is 5.92 Å². The Bertz CT molecular complexity index is 2150. The Hall–Kier alpha value is -5.17. The van der Waals surface area contributed by atoms with E-state index in [4.69, 9.17) is 14.5 Å². The van der Waals surface area contributed by atoms with Crippen molar-refractivity contribution in [3.05, 3.63) is 78.9 Å². The topological polar surface area (TPSA) is 156 Å². The van der Waals surface area contributed by atoms with Gasteiger partial charge in [-0.15, -0.1) is 0 Å². The van der Waals surface area contributed by atoms with E-state index >= 15 is 0 Å². The summed E-state index contributed by atoms with van der Waals surface area (Å²) in [5, 5.41) is 6.93. The summed E-state index contributed by atoms with van der Waals surface area (Å²) in [5.74, 6) is -0.644. The largest absolute Gasteiger partial charge is 0.497 e.